The van der Waals surface area contributed by atoms with Crippen molar-refractivity contribution in [2.75, 3.05) is 0 Å². The van der Waals surface area contributed by atoms with Crippen molar-refractivity contribution in [3.63, 3.8) is 0 Å². The number of nitrogens with zero attached hydrogens (tertiary/aromatic N) is 1. The number of hydrogen-bond acceptors (Lipinski definition) is 1. The highest BCUT2D eigenvalue weighted by Crippen LogP contribution is 2.30. The van der Waals surface area contributed by atoms with Crippen molar-refractivity contribution < 1.29 is 9.50 Å². The van der Waals surface area contributed by atoms with E-state index < -0.39 is 0 Å². The molecule has 1 atom stereocenters. The first-order valence-corrected chi connectivity index (χ1v) is 6.84. The van der Waals surface area contributed by atoms with Crippen molar-refractivity contribution in [3.05, 3.63) is 59.2 Å². The van der Waals surface area contributed by atoms with Crippen molar-refractivity contribution in [1.82, 2.24) is 4.57 Å². The monoisotopic (exact) mass is 259 g/mol. The SMILES string of the molecule is OC1CCCc2c1ccn2CCc1cccc(F)c1. The van der Waals surface area contributed by atoms with Gasteiger partial charge < -0.3 is 9.67 Å². The number of aliphatic hydroxyl groups is 1. The van der Waals surface area contributed by atoms with E-state index in [1.54, 1.807) is 12.1 Å². The van der Waals surface area contributed by atoms with E-state index >= 15 is 0 Å². The van der Waals surface area contributed by atoms with Gasteiger partial charge in [0.05, 0.1) is 6.10 Å². The van der Waals surface area contributed by atoms with Gasteiger partial charge >= 0.3 is 0 Å². The van der Waals surface area contributed by atoms with E-state index in [0.717, 1.165) is 43.4 Å². The van der Waals surface area contributed by atoms with Gasteiger partial charge in [0.25, 0.3) is 0 Å². The zero-order valence-corrected chi connectivity index (χ0v) is 10.8. The second kappa shape index (κ2) is 5.17. The van der Waals surface area contributed by atoms with Gasteiger partial charge in [0.15, 0.2) is 0 Å². The van der Waals surface area contributed by atoms with Gasteiger partial charge in [0.2, 0.25) is 0 Å². The maximum absolute atomic E-state index is 13.1. The van der Waals surface area contributed by atoms with Crippen LogP contribution in [0.15, 0.2) is 36.5 Å². The predicted octanol–water partition coefficient (Wildman–Crippen LogP) is 3.24. The lowest BCUT2D eigenvalue weighted by Gasteiger charge is -2.20. The Kier molecular flexibility index (Phi) is 3.38. The van der Waals surface area contributed by atoms with Crippen LogP contribution in [0.3, 0.4) is 0 Å². The molecule has 2 aromatic rings. The molecule has 100 valence electrons. The number of benzene rings is 1. The highest BCUT2D eigenvalue weighted by atomic mass is 19.1. The van der Waals surface area contributed by atoms with Crippen LogP contribution in [0.1, 0.15) is 35.8 Å². The molecule has 19 heavy (non-hydrogen) atoms. The number of rotatable bonds is 3. The fraction of sp³-hybridized carbons (Fsp3) is 0.375. The summed E-state index contributed by atoms with van der Waals surface area (Å²) < 4.78 is 15.3. The minimum atomic E-state index is -0.306. The Hall–Kier alpha value is -1.61. The molecule has 0 aliphatic heterocycles. The normalized spacial score (nSPS) is 18.3. The molecule has 1 unspecified atom stereocenters. The summed E-state index contributed by atoms with van der Waals surface area (Å²) in [7, 11) is 0. The molecule has 1 aromatic heterocycles. The fourth-order valence-corrected chi connectivity index (χ4v) is 2.88. The zero-order valence-electron chi connectivity index (χ0n) is 10.8. The van der Waals surface area contributed by atoms with Crippen LogP contribution in [-0.4, -0.2) is 9.67 Å². The molecule has 0 saturated heterocycles. The molecule has 1 heterocycles. The van der Waals surface area contributed by atoms with Crippen molar-refractivity contribution in [3.8, 4) is 0 Å². The summed E-state index contributed by atoms with van der Waals surface area (Å²) in [6.45, 7) is 0.839. The fourth-order valence-electron chi connectivity index (χ4n) is 2.88. The Labute approximate surface area is 112 Å². The molecule has 0 bridgehead atoms. The van der Waals surface area contributed by atoms with Crippen LogP contribution in [-0.2, 0) is 19.4 Å². The van der Waals surface area contributed by atoms with Gasteiger partial charge in [-0.25, -0.2) is 4.39 Å². The van der Waals surface area contributed by atoms with Gasteiger partial charge in [-0.2, -0.15) is 0 Å². The van der Waals surface area contributed by atoms with Crippen molar-refractivity contribution in [2.24, 2.45) is 0 Å². The Bertz CT molecular complexity index is 576. The summed E-state index contributed by atoms with van der Waals surface area (Å²) in [6.07, 6.45) is 5.48. The van der Waals surface area contributed by atoms with Gasteiger partial charge in [0.1, 0.15) is 5.82 Å². The Morgan fingerprint density at radius 2 is 2.21 bits per heavy atom. The summed E-state index contributed by atoms with van der Waals surface area (Å²) in [5.41, 5.74) is 3.33. The molecule has 3 rings (SSSR count). The Balaban J connectivity index is 1.74. The summed E-state index contributed by atoms with van der Waals surface area (Å²) in [5, 5.41) is 9.93. The first-order chi connectivity index (χ1) is 9.24. The third-order valence-electron chi connectivity index (χ3n) is 3.89. The van der Waals surface area contributed by atoms with E-state index in [1.165, 1.54) is 11.8 Å². The van der Waals surface area contributed by atoms with Crippen molar-refractivity contribution >= 4 is 0 Å². The number of hydrogen-bond donors (Lipinski definition) is 1. The lowest BCUT2D eigenvalue weighted by atomic mass is 9.95. The third kappa shape index (κ3) is 2.56. The lowest BCUT2D eigenvalue weighted by Crippen LogP contribution is -2.12. The molecule has 0 spiro atoms. The second-order valence-electron chi connectivity index (χ2n) is 5.20. The average molecular weight is 259 g/mol. The smallest absolute Gasteiger partial charge is 0.123 e. The largest absolute Gasteiger partial charge is 0.388 e. The number of aryl methyl sites for hydroxylation is 2. The van der Waals surface area contributed by atoms with Crippen LogP contribution < -0.4 is 0 Å². The van der Waals surface area contributed by atoms with E-state index in [2.05, 4.69) is 4.57 Å². The average Bonchev–Trinajstić information content (AvgIpc) is 2.81. The minimum absolute atomic E-state index is 0.178. The predicted molar refractivity (Wildman–Crippen MR) is 72.4 cm³/mol. The molecule has 2 nitrogen and oxygen atoms in total. The second-order valence-corrected chi connectivity index (χ2v) is 5.20. The van der Waals surface area contributed by atoms with Crippen LogP contribution in [0.5, 0.6) is 0 Å². The molecular weight excluding hydrogens is 241 g/mol. The van der Waals surface area contributed by atoms with Crippen molar-refractivity contribution in [2.45, 2.75) is 38.3 Å². The molecule has 0 radical (unpaired) electrons. The standard InChI is InChI=1S/C16H18FNO/c17-13-4-1-3-12(11-13)7-9-18-10-8-14-15(18)5-2-6-16(14)19/h1,3-4,8,10-11,16,19H,2,5-7,9H2. The quantitative estimate of drug-likeness (QED) is 0.899. The summed E-state index contributed by atoms with van der Waals surface area (Å²) in [6, 6.07) is 8.78. The van der Waals surface area contributed by atoms with Gasteiger partial charge in [-0.15, -0.1) is 0 Å². The minimum Gasteiger partial charge on any atom is -0.388 e. The van der Waals surface area contributed by atoms with E-state index in [0.29, 0.717) is 0 Å². The van der Waals surface area contributed by atoms with E-state index in [-0.39, 0.29) is 11.9 Å². The Morgan fingerprint density at radius 3 is 3.05 bits per heavy atom. The molecule has 1 aromatic carbocycles. The number of fused-ring (bicyclic) bond motifs is 1. The summed E-state index contributed by atoms with van der Waals surface area (Å²) in [5.74, 6) is -0.178. The van der Waals surface area contributed by atoms with Crippen LogP contribution in [0, 0.1) is 5.82 Å². The van der Waals surface area contributed by atoms with Gasteiger partial charge in [-0.1, -0.05) is 12.1 Å². The molecule has 1 aliphatic rings. The molecule has 1 aliphatic carbocycles. The molecule has 1 N–H and O–H groups in total. The summed E-state index contributed by atoms with van der Waals surface area (Å²) in [4.78, 5) is 0. The lowest BCUT2D eigenvalue weighted by molar-refractivity contribution is 0.155. The van der Waals surface area contributed by atoms with Gasteiger partial charge in [0, 0.05) is 24.0 Å². The van der Waals surface area contributed by atoms with Crippen LogP contribution in [0.25, 0.3) is 0 Å². The molecular formula is C16H18FNO. The maximum atomic E-state index is 13.1. The van der Waals surface area contributed by atoms with E-state index in [9.17, 15) is 9.50 Å². The third-order valence-corrected chi connectivity index (χ3v) is 3.89. The van der Waals surface area contributed by atoms with Crippen LogP contribution >= 0.6 is 0 Å². The van der Waals surface area contributed by atoms with Crippen LogP contribution in [0.4, 0.5) is 4.39 Å². The summed E-state index contributed by atoms with van der Waals surface area (Å²) >= 11 is 0. The first-order valence-electron chi connectivity index (χ1n) is 6.84. The van der Waals surface area contributed by atoms with Gasteiger partial charge in [-0.05, 0) is 49.4 Å². The number of aliphatic hydroxyl groups excluding tert-OH is 1. The molecule has 0 fully saturated rings. The van der Waals surface area contributed by atoms with Crippen LogP contribution in [0.2, 0.25) is 0 Å². The number of halogens is 1. The molecule has 3 heteroatoms. The highest BCUT2D eigenvalue weighted by molar-refractivity contribution is 5.27. The molecule has 0 saturated carbocycles. The Morgan fingerprint density at radius 1 is 1.32 bits per heavy atom. The zero-order chi connectivity index (χ0) is 13.2. The first kappa shape index (κ1) is 12.4. The molecule has 0 amide bonds. The highest BCUT2D eigenvalue weighted by Gasteiger charge is 2.20. The van der Waals surface area contributed by atoms with E-state index in [4.69, 9.17) is 0 Å². The maximum Gasteiger partial charge on any atom is 0.123 e. The topological polar surface area (TPSA) is 25.2 Å². The van der Waals surface area contributed by atoms with Crippen molar-refractivity contribution in [1.29, 1.82) is 0 Å². The number of aromatic nitrogens is 1. The van der Waals surface area contributed by atoms with E-state index in [1.807, 2.05) is 18.3 Å². The van der Waals surface area contributed by atoms with Gasteiger partial charge in [-0.3, -0.25) is 0 Å².